The molecule has 2 atom stereocenters. The van der Waals surface area contributed by atoms with Gasteiger partial charge in [-0.1, -0.05) is 6.42 Å². The SMILES string of the molecule is Cn1ncc(C(=O)O)c1CN1CCCC2CCCC21. The molecular formula is C14H21N3O2. The molecular weight excluding hydrogens is 242 g/mol. The van der Waals surface area contributed by atoms with Gasteiger partial charge in [0.25, 0.3) is 0 Å². The predicted octanol–water partition coefficient (Wildman–Crippen LogP) is 1.88. The molecule has 2 fully saturated rings. The molecule has 1 saturated heterocycles. The lowest BCUT2D eigenvalue weighted by atomic mass is 9.92. The third kappa shape index (κ3) is 2.27. The van der Waals surface area contributed by atoms with Crippen molar-refractivity contribution in [1.82, 2.24) is 14.7 Å². The van der Waals surface area contributed by atoms with E-state index in [4.69, 9.17) is 0 Å². The standard InChI is InChI=1S/C14H21N3O2/c1-16-13(11(8-15-16)14(18)19)9-17-7-3-5-10-4-2-6-12(10)17/h8,10,12H,2-7,9H2,1H3,(H,18,19). The number of piperidine rings is 1. The number of hydrogen-bond acceptors (Lipinski definition) is 3. The Labute approximate surface area is 113 Å². The highest BCUT2D eigenvalue weighted by Gasteiger charge is 2.35. The van der Waals surface area contributed by atoms with Gasteiger partial charge in [0.1, 0.15) is 5.56 Å². The lowest BCUT2D eigenvalue weighted by Gasteiger charge is -2.37. The minimum absolute atomic E-state index is 0.350. The molecule has 1 aliphatic heterocycles. The normalized spacial score (nSPS) is 27.4. The van der Waals surface area contributed by atoms with Crippen molar-refractivity contribution in [2.75, 3.05) is 6.54 Å². The lowest BCUT2D eigenvalue weighted by Crippen LogP contribution is -2.42. The number of rotatable bonds is 3. The molecule has 104 valence electrons. The molecule has 3 rings (SSSR count). The molecule has 19 heavy (non-hydrogen) atoms. The van der Waals surface area contributed by atoms with Crippen LogP contribution in [0.15, 0.2) is 6.20 Å². The third-order valence-corrected chi connectivity index (χ3v) is 4.75. The van der Waals surface area contributed by atoms with E-state index in [1.54, 1.807) is 4.68 Å². The van der Waals surface area contributed by atoms with Crippen LogP contribution in [-0.2, 0) is 13.6 Å². The van der Waals surface area contributed by atoms with Gasteiger partial charge >= 0.3 is 5.97 Å². The van der Waals surface area contributed by atoms with Gasteiger partial charge in [-0.15, -0.1) is 0 Å². The average Bonchev–Trinajstić information content (AvgIpc) is 2.97. The van der Waals surface area contributed by atoms with E-state index in [2.05, 4.69) is 10.00 Å². The second-order valence-corrected chi connectivity index (χ2v) is 5.80. The van der Waals surface area contributed by atoms with Crippen LogP contribution in [0, 0.1) is 5.92 Å². The van der Waals surface area contributed by atoms with Gasteiger partial charge in [-0.25, -0.2) is 4.79 Å². The van der Waals surface area contributed by atoms with Gasteiger partial charge in [0, 0.05) is 19.6 Å². The van der Waals surface area contributed by atoms with Gasteiger partial charge in [0.15, 0.2) is 0 Å². The van der Waals surface area contributed by atoms with Crippen molar-refractivity contribution >= 4 is 5.97 Å². The molecule has 1 aliphatic carbocycles. The first-order valence-electron chi connectivity index (χ1n) is 7.15. The summed E-state index contributed by atoms with van der Waals surface area (Å²) < 4.78 is 1.71. The molecule has 0 aromatic carbocycles. The quantitative estimate of drug-likeness (QED) is 0.904. The van der Waals surface area contributed by atoms with Crippen LogP contribution >= 0.6 is 0 Å². The number of aromatic carboxylic acids is 1. The Morgan fingerprint density at radius 3 is 3.00 bits per heavy atom. The van der Waals surface area contributed by atoms with Crippen molar-refractivity contribution in [1.29, 1.82) is 0 Å². The van der Waals surface area contributed by atoms with Crippen LogP contribution in [-0.4, -0.2) is 38.3 Å². The van der Waals surface area contributed by atoms with E-state index in [1.165, 1.54) is 38.3 Å². The van der Waals surface area contributed by atoms with E-state index >= 15 is 0 Å². The Morgan fingerprint density at radius 1 is 1.42 bits per heavy atom. The molecule has 0 bridgehead atoms. The van der Waals surface area contributed by atoms with Crippen molar-refractivity contribution < 1.29 is 9.90 Å². The molecule has 5 heteroatoms. The largest absolute Gasteiger partial charge is 0.478 e. The molecule has 0 amide bonds. The van der Waals surface area contributed by atoms with E-state index in [1.807, 2.05) is 7.05 Å². The van der Waals surface area contributed by atoms with Crippen molar-refractivity contribution in [3.63, 3.8) is 0 Å². The van der Waals surface area contributed by atoms with Crippen molar-refractivity contribution in [3.05, 3.63) is 17.5 Å². The predicted molar refractivity (Wildman–Crippen MR) is 70.9 cm³/mol. The maximum atomic E-state index is 11.2. The number of aryl methyl sites for hydroxylation is 1. The first-order valence-corrected chi connectivity index (χ1v) is 7.15. The maximum absolute atomic E-state index is 11.2. The summed E-state index contributed by atoms with van der Waals surface area (Å²) in [6.45, 7) is 1.81. The Bertz CT molecular complexity index is 483. The fourth-order valence-electron chi connectivity index (χ4n) is 3.77. The number of fused-ring (bicyclic) bond motifs is 1. The zero-order valence-corrected chi connectivity index (χ0v) is 11.4. The minimum atomic E-state index is -0.872. The van der Waals surface area contributed by atoms with E-state index < -0.39 is 5.97 Å². The smallest absolute Gasteiger partial charge is 0.339 e. The van der Waals surface area contributed by atoms with Crippen LogP contribution in [0.1, 0.15) is 48.2 Å². The van der Waals surface area contributed by atoms with E-state index in [-0.39, 0.29) is 0 Å². The zero-order valence-electron chi connectivity index (χ0n) is 11.4. The first-order chi connectivity index (χ1) is 9.16. The summed E-state index contributed by atoms with van der Waals surface area (Å²) in [6.07, 6.45) is 7.99. The van der Waals surface area contributed by atoms with Gasteiger partial charge in [0.05, 0.1) is 11.9 Å². The Morgan fingerprint density at radius 2 is 2.21 bits per heavy atom. The summed E-state index contributed by atoms with van der Waals surface area (Å²) >= 11 is 0. The van der Waals surface area contributed by atoms with E-state index in [9.17, 15) is 9.90 Å². The second-order valence-electron chi connectivity index (χ2n) is 5.80. The van der Waals surface area contributed by atoms with Crippen LogP contribution in [0.4, 0.5) is 0 Å². The monoisotopic (exact) mass is 263 g/mol. The summed E-state index contributed by atoms with van der Waals surface area (Å²) in [6, 6.07) is 0.658. The average molecular weight is 263 g/mol. The Balaban J connectivity index is 1.81. The van der Waals surface area contributed by atoms with Crippen molar-refractivity contribution in [2.45, 2.75) is 44.7 Å². The highest BCUT2D eigenvalue weighted by molar-refractivity contribution is 5.88. The number of aromatic nitrogens is 2. The summed E-state index contributed by atoms with van der Waals surface area (Å²) in [4.78, 5) is 13.7. The molecule has 5 nitrogen and oxygen atoms in total. The maximum Gasteiger partial charge on any atom is 0.339 e. The van der Waals surface area contributed by atoms with Gasteiger partial charge in [-0.05, 0) is 38.1 Å². The van der Waals surface area contributed by atoms with E-state index in [0.717, 1.165) is 24.7 Å². The zero-order chi connectivity index (χ0) is 13.4. The summed E-state index contributed by atoms with van der Waals surface area (Å²) in [5.74, 6) is -0.0432. The van der Waals surface area contributed by atoms with Gasteiger partial charge in [0.2, 0.25) is 0 Å². The van der Waals surface area contributed by atoms with Gasteiger partial charge < -0.3 is 5.11 Å². The third-order valence-electron chi connectivity index (χ3n) is 4.75. The van der Waals surface area contributed by atoms with E-state index in [0.29, 0.717) is 11.6 Å². The molecule has 2 heterocycles. The number of nitrogens with zero attached hydrogens (tertiary/aromatic N) is 3. The fourth-order valence-corrected chi connectivity index (χ4v) is 3.77. The molecule has 1 aromatic heterocycles. The van der Waals surface area contributed by atoms with Crippen molar-refractivity contribution in [2.24, 2.45) is 13.0 Å². The van der Waals surface area contributed by atoms with Crippen molar-refractivity contribution in [3.8, 4) is 0 Å². The molecule has 0 radical (unpaired) electrons. The number of carboxylic acid groups (broad SMARTS) is 1. The molecule has 1 N–H and O–H groups in total. The van der Waals surface area contributed by atoms with Gasteiger partial charge in [-0.3, -0.25) is 9.58 Å². The van der Waals surface area contributed by atoms with Gasteiger partial charge in [-0.2, -0.15) is 5.10 Å². The molecule has 1 aromatic rings. The molecule has 0 spiro atoms. The van der Waals surface area contributed by atoms with Crippen LogP contribution in [0.5, 0.6) is 0 Å². The molecule has 2 unspecified atom stereocenters. The minimum Gasteiger partial charge on any atom is -0.478 e. The molecule has 1 saturated carbocycles. The fraction of sp³-hybridized carbons (Fsp3) is 0.714. The number of hydrogen-bond donors (Lipinski definition) is 1. The Kier molecular flexibility index (Phi) is 3.31. The number of likely N-dealkylation sites (tertiary alicyclic amines) is 1. The van der Waals surface area contributed by atoms with Crippen LogP contribution in [0.3, 0.4) is 0 Å². The lowest BCUT2D eigenvalue weighted by molar-refractivity contribution is 0.0688. The number of carboxylic acids is 1. The summed E-state index contributed by atoms with van der Waals surface area (Å²) in [7, 11) is 1.83. The Hall–Kier alpha value is -1.36. The second kappa shape index (κ2) is 4.96. The van der Waals surface area contributed by atoms with Crippen LogP contribution in [0.2, 0.25) is 0 Å². The molecule has 2 aliphatic rings. The summed E-state index contributed by atoms with van der Waals surface area (Å²) in [5, 5.41) is 13.3. The first kappa shape index (κ1) is 12.7. The highest BCUT2D eigenvalue weighted by atomic mass is 16.4. The highest BCUT2D eigenvalue weighted by Crippen LogP contribution is 2.37. The summed E-state index contributed by atoms with van der Waals surface area (Å²) in [5.41, 5.74) is 1.18. The van der Waals surface area contributed by atoms with Crippen LogP contribution < -0.4 is 0 Å². The number of carbonyl (C=O) groups is 1. The van der Waals surface area contributed by atoms with Crippen LogP contribution in [0.25, 0.3) is 0 Å². The topological polar surface area (TPSA) is 58.4 Å².